The zero-order chi connectivity index (χ0) is 14.4. The Balaban J connectivity index is 2.23. The van der Waals surface area contributed by atoms with Gasteiger partial charge in [0.05, 0.1) is 6.10 Å². The predicted octanol–water partition coefficient (Wildman–Crippen LogP) is 2.77. The van der Waals surface area contributed by atoms with Crippen LogP contribution in [-0.4, -0.2) is 38.1 Å². The fraction of sp³-hybridized carbons (Fsp3) is 0.647. The van der Waals surface area contributed by atoms with Crippen LogP contribution >= 0.6 is 0 Å². The van der Waals surface area contributed by atoms with Crippen molar-refractivity contribution in [3.8, 4) is 0 Å². The summed E-state index contributed by atoms with van der Waals surface area (Å²) < 4.78 is 10.7. The second-order valence-electron chi connectivity index (χ2n) is 5.84. The highest BCUT2D eigenvalue weighted by Crippen LogP contribution is 2.41. The van der Waals surface area contributed by atoms with Gasteiger partial charge in [0.2, 0.25) is 0 Å². The predicted molar refractivity (Wildman–Crippen MR) is 79.8 cm³/mol. The van der Waals surface area contributed by atoms with Crippen molar-refractivity contribution in [2.24, 2.45) is 5.92 Å². The Hall–Kier alpha value is -0.900. The first-order chi connectivity index (χ1) is 9.70. The number of benzene rings is 1. The molecule has 1 aromatic rings. The van der Waals surface area contributed by atoms with Crippen molar-refractivity contribution in [3.63, 3.8) is 0 Å². The molecule has 1 aliphatic rings. The van der Waals surface area contributed by atoms with Crippen molar-refractivity contribution in [1.29, 1.82) is 0 Å². The van der Waals surface area contributed by atoms with E-state index in [1.54, 1.807) is 7.11 Å². The minimum absolute atomic E-state index is 0.174. The number of hydrogen-bond donors (Lipinski definition) is 1. The second kappa shape index (κ2) is 7.21. The molecule has 0 radical (unpaired) electrons. The summed E-state index contributed by atoms with van der Waals surface area (Å²) >= 11 is 0. The van der Waals surface area contributed by atoms with E-state index < -0.39 is 0 Å². The van der Waals surface area contributed by atoms with Crippen LogP contribution in [0.25, 0.3) is 0 Å². The molecule has 0 saturated carbocycles. The summed E-state index contributed by atoms with van der Waals surface area (Å²) in [5, 5.41) is 11.0. The van der Waals surface area contributed by atoms with Crippen molar-refractivity contribution in [1.82, 2.24) is 0 Å². The van der Waals surface area contributed by atoms with E-state index in [9.17, 15) is 5.11 Å². The molecule has 3 nitrogen and oxygen atoms in total. The van der Waals surface area contributed by atoms with Crippen molar-refractivity contribution in [2.45, 2.75) is 37.7 Å². The Morgan fingerprint density at radius 3 is 2.50 bits per heavy atom. The number of ether oxygens (including phenoxy) is 2. The lowest BCUT2D eigenvalue weighted by molar-refractivity contribution is -0.0420. The lowest BCUT2D eigenvalue weighted by atomic mass is 9.66. The van der Waals surface area contributed by atoms with Crippen molar-refractivity contribution >= 4 is 0 Å². The Bertz CT molecular complexity index is 384. The molecule has 1 N–H and O–H groups in total. The van der Waals surface area contributed by atoms with Gasteiger partial charge in [-0.15, -0.1) is 0 Å². The van der Waals surface area contributed by atoms with Crippen LogP contribution in [0.2, 0.25) is 0 Å². The maximum absolute atomic E-state index is 11.0. The molecule has 0 bridgehead atoms. The molecule has 0 amide bonds. The van der Waals surface area contributed by atoms with Crippen LogP contribution < -0.4 is 0 Å². The van der Waals surface area contributed by atoms with E-state index >= 15 is 0 Å². The zero-order valence-electron chi connectivity index (χ0n) is 12.5. The molecule has 2 atom stereocenters. The first kappa shape index (κ1) is 15.5. The third-order valence-corrected chi connectivity index (χ3v) is 4.62. The maximum atomic E-state index is 11.0. The molecule has 0 aromatic heterocycles. The Labute approximate surface area is 121 Å². The fourth-order valence-corrected chi connectivity index (χ4v) is 3.27. The molecule has 0 aliphatic carbocycles. The van der Waals surface area contributed by atoms with Crippen LogP contribution in [0.3, 0.4) is 0 Å². The summed E-state index contributed by atoms with van der Waals surface area (Å²) in [7, 11) is 1.71. The van der Waals surface area contributed by atoms with Gasteiger partial charge in [0, 0.05) is 32.3 Å². The Morgan fingerprint density at radius 1 is 1.25 bits per heavy atom. The summed E-state index contributed by atoms with van der Waals surface area (Å²) in [5.41, 5.74) is 1.06. The van der Waals surface area contributed by atoms with E-state index in [4.69, 9.17) is 9.47 Å². The second-order valence-corrected chi connectivity index (χ2v) is 5.84. The smallest absolute Gasteiger partial charge is 0.0664 e. The van der Waals surface area contributed by atoms with Gasteiger partial charge in [-0.05, 0) is 30.7 Å². The molecule has 2 unspecified atom stereocenters. The summed E-state index contributed by atoms with van der Waals surface area (Å²) in [6.45, 7) is 4.26. The Morgan fingerprint density at radius 2 is 1.90 bits per heavy atom. The largest absolute Gasteiger partial charge is 0.392 e. The average molecular weight is 278 g/mol. The van der Waals surface area contributed by atoms with Crippen molar-refractivity contribution in [2.75, 3.05) is 26.9 Å². The van der Waals surface area contributed by atoms with Crippen molar-refractivity contribution in [3.05, 3.63) is 35.9 Å². The molecule has 1 aromatic carbocycles. The highest BCUT2D eigenvalue weighted by Gasteiger charge is 2.43. The standard InChI is InChI=1S/C17H26O3/c1-14(8-11-19-2)16(18)17(9-12-20-13-10-17)15-6-4-3-5-7-15/h3-7,14,16,18H,8-13H2,1-2H3. The van der Waals surface area contributed by atoms with E-state index in [1.807, 2.05) is 6.07 Å². The van der Waals surface area contributed by atoms with Crippen LogP contribution in [0.1, 0.15) is 31.7 Å². The van der Waals surface area contributed by atoms with Gasteiger partial charge in [0.25, 0.3) is 0 Å². The monoisotopic (exact) mass is 278 g/mol. The first-order valence-electron chi connectivity index (χ1n) is 7.51. The lowest BCUT2D eigenvalue weighted by Crippen LogP contribution is -2.47. The first-order valence-corrected chi connectivity index (χ1v) is 7.51. The third kappa shape index (κ3) is 3.22. The van der Waals surface area contributed by atoms with Crippen LogP contribution in [0.4, 0.5) is 0 Å². The highest BCUT2D eigenvalue weighted by molar-refractivity contribution is 5.28. The van der Waals surface area contributed by atoms with Gasteiger partial charge in [0.1, 0.15) is 0 Å². The van der Waals surface area contributed by atoms with Gasteiger partial charge in [-0.3, -0.25) is 0 Å². The minimum atomic E-state index is -0.357. The molecular formula is C17H26O3. The normalized spacial score (nSPS) is 21.4. The van der Waals surface area contributed by atoms with Gasteiger partial charge >= 0.3 is 0 Å². The molecule has 112 valence electrons. The average Bonchev–Trinajstić information content (AvgIpc) is 2.53. The highest BCUT2D eigenvalue weighted by atomic mass is 16.5. The van der Waals surface area contributed by atoms with Crippen LogP contribution in [0.15, 0.2) is 30.3 Å². The van der Waals surface area contributed by atoms with Crippen molar-refractivity contribution < 1.29 is 14.6 Å². The van der Waals surface area contributed by atoms with E-state index in [0.29, 0.717) is 6.61 Å². The molecule has 20 heavy (non-hydrogen) atoms. The van der Waals surface area contributed by atoms with Gasteiger partial charge in [-0.1, -0.05) is 37.3 Å². The van der Waals surface area contributed by atoms with E-state index in [1.165, 1.54) is 5.56 Å². The third-order valence-electron chi connectivity index (χ3n) is 4.62. The lowest BCUT2D eigenvalue weighted by Gasteiger charge is -2.44. The molecule has 1 heterocycles. The van der Waals surface area contributed by atoms with Gasteiger partial charge < -0.3 is 14.6 Å². The number of aliphatic hydroxyl groups is 1. The van der Waals surface area contributed by atoms with E-state index in [-0.39, 0.29) is 17.4 Å². The van der Waals surface area contributed by atoms with Gasteiger partial charge in [0.15, 0.2) is 0 Å². The fourth-order valence-electron chi connectivity index (χ4n) is 3.27. The Kier molecular flexibility index (Phi) is 5.58. The van der Waals surface area contributed by atoms with Gasteiger partial charge in [-0.2, -0.15) is 0 Å². The summed E-state index contributed by atoms with van der Waals surface area (Å²) in [6.07, 6.45) is 2.29. The maximum Gasteiger partial charge on any atom is 0.0664 e. The van der Waals surface area contributed by atoms with E-state index in [2.05, 4.69) is 31.2 Å². The molecule has 0 spiro atoms. The topological polar surface area (TPSA) is 38.7 Å². The summed E-state index contributed by atoms with van der Waals surface area (Å²) in [5.74, 6) is 0.216. The molecule has 2 rings (SSSR count). The molecule has 1 fully saturated rings. The molecular weight excluding hydrogens is 252 g/mol. The van der Waals surface area contributed by atoms with Crippen LogP contribution in [-0.2, 0) is 14.9 Å². The number of methoxy groups -OCH3 is 1. The minimum Gasteiger partial charge on any atom is -0.392 e. The van der Waals surface area contributed by atoms with Crippen LogP contribution in [0, 0.1) is 5.92 Å². The molecule has 1 saturated heterocycles. The summed E-state index contributed by atoms with van der Waals surface area (Å²) in [6, 6.07) is 10.4. The number of aliphatic hydroxyl groups excluding tert-OH is 1. The van der Waals surface area contributed by atoms with Crippen LogP contribution in [0.5, 0.6) is 0 Å². The molecule has 3 heteroatoms. The van der Waals surface area contributed by atoms with Gasteiger partial charge in [-0.25, -0.2) is 0 Å². The number of hydrogen-bond acceptors (Lipinski definition) is 3. The number of rotatable bonds is 6. The SMILES string of the molecule is COCCC(C)C(O)C1(c2ccccc2)CCOCC1. The molecule has 1 aliphatic heterocycles. The summed E-state index contributed by atoms with van der Waals surface area (Å²) in [4.78, 5) is 0. The quantitative estimate of drug-likeness (QED) is 0.869. The zero-order valence-corrected chi connectivity index (χ0v) is 12.5. The van der Waals surface area contributed by atoms with E-state index in [0.717, 1.165) is 32.5 Å².